The lowest BCUT2D eigenvalue weighted by atomic mass is 10.1. The summed E-state index contributed by atoms with van der Waals surface area (Å²) in [6, 6.07) is 5.69. The molecular weight excluding hydrogens is 264 g/mol. The van der Waals surface area contributed by atoms with E-state index in [-0.39, 0.29) is 0 Å². The first kappa shape index (κ1) is 14.1. The highest BCUT2D eigenvalue weighted by molar-refractivity contribution is 6.01. The maximum atomic E-state index is 11.6. The van der Waals surface area contributed by atoms with Crippen LogP contribution in [0.4, 0.5) is 0 Å². The molecule has 0 spiro atoms. The van der Waals surface area contributed by atoms with Crippen molar-refractivity contribution in [3.8, 4) is 0 Å². The quantitative estimate of drug-likeness (QED) is 0.871. The number of para-hydroxylation sites is 1. The van der Waals surface area contributed by atoms with Crippen molar-refractivity contribution in [1.82, 2.24) is 9.55 Å². The Morgan fingerprint density at radius 3 is 2.86 bits per heavy atom. The normalized spacial score (nSPS) is 16.3. The standard InChI is InChI=1S/C17H22N2O2/c1-3-5-15-18-14-7-4-6-13(17(20)21)16(14)19(15)11(2)10-12-8-9-12/h4,6-7,11-12H,3,5,8-10H2,1-2H3,(H,20,21). The van der Waals surface area contributed by atoms with E-state index in [4.69, 9.17) is 4.98 Å². The molecule has 0 aliphatic heterocycles. The van der Waals surface area contributed by atoms with E-state index in [2.05, 4.69) is 18.4 Å². The van der Waals surface area contributed by atoms with E-state index in [0.717, 1.165) is 42.0 Å². The van der Waals surface area contributed by atoms with Crippen LogP contribution in [0.1, 0.15) is 61.8 Å². The third-order valence-corrected chi connectivity index (χ3v) is 4.30. The van der Waals surface area contributed by atoms with Crippen molar-refractivity contribution >= 4 is 17.0 Å². The van der Waals surface area contributed by atoms with Gasteiger partial charge in [0.25, 0.3) is 0 Å². The second-order valence-electron chi connectivity index (χ2n) is 6.15. The van der Waals surface area contributed by atoms with E-state index < -0.39 is 5.97 Å². The molecule has 1 aromatic carbocycles. The molecule has 3 rings (SSSR count). The van der Waals surface area contributed by atoms with Gasteiger partial charge in [-0.15, -0.1) is 0 Å². The molecular formula is C17H22N2O2. The number of aryl methyl sites for hydroxylation is 1. The molecule has 21 heavy (non-hydrogen) atoms. The summed E-state index contributed by atoms with van der Waals surface area (Å²) in [7, 11) is 0. The number of nitrogens with zero attached hydrogens (tertiary/aromatic N) is 2. The van der Waals surface area contributed by atoms with E-state index in [1.807, 2.05) is 6.07 Å². The zero-order valence-corrected chi connectivity index (χ0v) is 12.7. The molecule has 1 atom stereocenters. The SMILES string of the molecule is CCCc1nc2cccc(C(=O)O)c2n1C(C)CC1CC1. The molecule has 4 heteroatoms. The van der Waals surface area contributed by atoms with Gasteiger partial charge in [-0.2, -0.15) is 0 Å². The predicted molar refractivity (Wildman–Crippen MR) is 82.7 cm³/mol. The van der Waals surface area contributed by atoms with Gasteiger partial charge in [0.1, 0.15) is 5.82 Å². The smallest absolute Gasteiger partial charge is 0.337 e. The van der Waals surface area contributed by atoms with Gasteiger partial charge in [-0.1, -0.05) is 25.8 Å². The molecule has 1 saturated carbocycles. The minimum absolute atomic E-state index is 0.310. The number of hydrogen-bond donors (Lipinski definition) is 1. The number of aromatic carboxylic acids is 1. The van der Waals surface area contributed by atoms with Crippen molar-refractivity contribution in [3.05, 3.63) is 29.6 Å². The molecule has 1 heterocycles. The van der Waals surface area contributed by atoms with Gasteiger partial charge in [0.2, 0.25) is 0 Å². The van der Waals surface area contributed by atoms with Crippen LogP contribution in [0.3, 0.4) is 0 Å². The van der Waals surface area contributed by atoms with Gasteiger partial charge in [0, 0.05) is 12.5 Å². The number of carboxylic acids is 1. The van der Waals surface area contributed by atoms with Crippen LogP contribution in [0.15, 0.2) is 18.2 Å². The van der Waals surface area contributed by atoms with Gasteiger partial charge in [0.15, 0.2) is 0 Å². The number of aromatic nitrogens is 2. The molecule has 2 aromatic rings. The minimum atomic E-state index is -0.872. The molecule has 0 saturated heterocycles. The summed E-state index contributed by atoms with van der Waals surface area (Å²) < 4.78 is 2.18. The van der Waals surface area contributed by atoms with Gasteiger partial charge in [0.05, 0.1) is 16.6 Å². The van der Waals surface area contributed by atoms with Crippen molar-refractivity contribution < 1.29 is 9.90 Å². The predicted octanol–water partition coefficient (Wildman–Crippen LogP) is 4.05. The Hall–Kier alpha value is -1.84. The van der Waals surface area contributed by atoms with E-state index in [9.17, 15) is 9.90 Å². The first-order valence-corrected chi connectivity index (χ1v) is 7.85. The maximum Gasteiger partial charge on any atom is 0.337 e. The molecule has 0 amide bonds. The first-order valence-electron chi connectivity index (χ1n) is 7.85. The van der Waals surface area contributed by atoms with Crippen LogP contribution < -0.4 is 0 Å². The number of carbonyl (C=O) groups is 1. The van der Waals surface area contributed by atoms with Crippen molar-refractivity contribution in [2.45, 2.75) is 52.0 Å². The lowest BCUT2D eigenvalue weighted by Crippen LogP contribution is -2.12. The van der Waals surface area contributed by atoms with Crippen LogP contribution >= 0.6 is 0 Å². The van der Waals surface area contributed by atoms with Crippen LogP contribution in [0.25, 0.3) is 11.0 Å². The van der Waals surface area contributed by atoms with Crippen LogP contribution in [-0.4, -0.2) is 20.6 Å². The molecule has 0 radical (unpaired) electrons. The van der Waals surface area contributed by atoms with Gasteiger partial charge in [-0.3, -0.25) is 0 Å². The minimum Gasteiger partial charge on any atom is -0.478 e. The molecule has 1 aliphatic carbocycles. The molecule has 1 fully saturated rings. The number of fused-ring (bicyclic) bond motifs is 1. The Morgan fingerprint density at radius 1 is 1.48 bits per heavy atom. The lowest BCUT2D eigenvalue weighted by Gasteiger charge is -2.18. The molecule has 112 valence electrons. The van der Waals surface area contributed by atoms with Gasteiger partial charge in [-0.05, 0) is 37.8 Å². The largest absolute Gasteiger partial charge is 0.478 e. The fraction of sp³-hybridized carbons (Fsp3) is 0.529. The first-order chi connectivity index (χ1) is 10.1. The Bertz CT molecular complexity index is 671. The van der Waals surface area contributed by atoms with Gasteiger partial charge in [-0.25, -0.2) is 9.78 Å². The molecule has 4 nitrogen and oxygen atoms in total. The van der Waals surface area contributed by atoms with Gasteiger partial charge < -0.3 is 9.67 Å². The second-order valence-corrected chi connectivity index (χ2v) is 6.15. The molecule has 1 N–H and O–H groups in total. The highest BCUT2D eigenvalue weighted by Gasteiger charge is 2.27. The summed E-state index contributed by atoms with van der Waals surface area (Å²) in [5.74, 6) is 0.960. The Labute approximate surface area is 124 Å². The summed E-state index contributed by atoms with van der Waals surface area (Å²) in [6.07, 6.45) is 5.65. The highest BCUT2D eigenvalue weighted by atomic mass is 16.4. The summed E-state index contributed by atoms with van der Waals surface area (Å²) in [6.45, 7) is 4.32. The summed E-state index contributed by atoms with van der Waals surface area (Å²) in [4.78, 5) is 16.2. The van der Waals surface area contributed by atoms with E-state index >= 15 is 0 Å². The highest BCUT2D eigenvalue weighted by Crippen LogP contribution is 2.38. The Kier molecular flexibility index (Phi) is 3.70. The van der Waals surface area contributed by atoms with Gasteiger partial charge >= 0.3 is 5.97 Å². The Balaban J connectivity index is 2.15. The van der Waals surface area contributed by atoms with Crippen LogP contribution in [0, 0.1) is 5.92 Å². The fourth-order valence-electron chi connectivity index (χ4n) is 3.19. The van der Waals surface area contributed by atoms with E-state index in [1.165, 1.54) is 12.8 Å². The average molecular weight is 286 g/mol. The third-order valence-electron chi connectivity index (χ3n) is 4.30. The second kappa shape index (κ2) is 5.51. The zero-order valence-electron chi connectivity index (χ0n) is 12.7. The van der Waals surface area contributed by atoms with Crippen molar-refractivity contribution in [2.75, 3.05) is 0 Å². The average Bonchev–Trinajstić information content (AvgIpc) is 3.17. The number of hydrogen-bond acceptors (Lipinski definition) is 2. The molecule has 0 bridgehead atoms. The fourth-order valence-corrected chi connectivity index (χ4v) is 3.19. The van der Waals surface area contributed by atoms with Crippen LogP contribution in [0.5, 0.6) is 0 Å². The Morgan fingerprint density at radius 2 is 2.24 bits per heavy atom. The summed E-state index contributed by atoms with van der Waals surface area (Å²) >= 11 is 0. The third kappa shape index (κ3) is 2.67. The maximum absolute atomic E-state index is 11.6. The van der Waals surface area contributed by atoms with E-state index in [1.54, 1.807) is 12.1 Å². The number of benzene rings is 1. The number of carboxylic acid groups (broad SMARTS) is 1. The monoisotopic (exact) mass is 286 g/mol. The number of imidazole rings is 1. The van der Waals surface area contributed by atoms with Crippen molar-refractivity contribution in [2.24, 2.45) is 5.92 Å². The van der Waals surface area contributed by atoms with Crippen LogP contribution in [-0.2, 0) is 6.42 Å². The lowest BCUT2D eigenvalue weighted by molar-refractivity contribution is 0.0698. The van der Waals surface area contributed by atoms with Crippen molar-refractivity contribution in [3.63, 3.8) is 0 Å². The molecule has 1 aromatic heterocycles. The molecule has 1 aliphatic rings. The summed E-state index contributed by atoms with van der Waals surface area (Å²) in [5.41, 5.74) is 1.97. The summed E-state index contributed by atoms with van der Waals surface area (Å²) in [5, 5.41) is 9.48. The number of rotatable bonds is 6. The van der Waals surface area contributed by atoms with Crippen LogP contribution in [0.2, 0.25) is 0 Å². The van der Waals surface area contributed by atoms with E-state index in [0.29, 0.717) is 11.6 Å². The zero-order chi connectivity index (χ0) is 15.0. The van der Waals surface area contributed by atoms with Crippen molar-refractivity contribution in [1.29, 1.82) is 0 Å². The topological polar surface area (TPSA) is 55.1 Å². The molecule has 1 unspecified atom stereocenters.